The molecule has 3 aromatic rings. The summed E-state index contributed by atoms with van der Waals surface area (Å²) in [5.41, 5.74) is 2.42. The number of hydrogen-bond donors (Lipinski definition) is 0. The molecule has 23 heavy (non-hydrogen) atoms. The quantitative estimate of drug-likeness (QED) is 0.419. The van der Waals surface area contributed by atoms with E-state index in [2.05, 4.69) is 10.1 Å². The zero-order valence-electron chi connectivity index (χ0n) is 12.3. The lowest BCUT2D eigenvalue weighted by Crippen LogP contribution is -2.09. The van der Waals surface area contributed by atoms with Crippen molar-refractivity contribution in [3.05, 3.63) is 102 Å². The van der Waals surface area contributed by atoms with Gasteiger partial charge in [-0.3, -0.25) is 4.98 Å². The minimum Gasteiger partial charge on any atom is -0.312 e. The molecular weight excluding hydrogens is 288 g/mol. The van der Waals surface area contributed by atoms with Crippen LogP contribution in [0.3, 0.4) is 0 Å². The van der Waals surface area contributed by atoms with Gasteiger partial charge in [-0.2, -0.15) is 0 Å². The van der Waals surface area contributed by atoms with Gasteiger partial charge in [-0.25, -0.2) is 4.79 Å². The third-order valence-electron chi connectivity index (χ3n) is 3.18. The molecule has 112 valence electrons. The summed E-state index contributed by atoms with van der Waals surface area (Å²) in [5.74, 6) is -0.505. The molecule has 0 atom stereocenters. The Morgan fingerprint density at radius 3 is 2.00 bits per heavy atom. The van der Waals surface area contributed by atoms with Gasteiger partial charge in [-0.05, 0) is 24.3 Å². The zero-order chi connectivity index (χ0) is 15.9. The number of benzene rings is 2. The summed E-state index contributed by atoms with van der Waals surface area (Å²) >= 11 is 0. The van der Waals surface area contributed by atoms with E-state index in [4.69, 9.17) is 4.84 Å². The van der Waals surface area contributed by atoms with E-state index in [1.54, 1.807) is 30.5 Å². The van der Waals surface area contributed by atoms with Crippen LogP contribution < -0.4 is 0 Å². The van der Waals surface area contributed by atoms with Crippen LogP contribution in [0.4, 0.5) is 0 Å². The van der Waals surface area contributed by atoms with Crippen molar-refractivity contribution in [1.82, 2.24) is 4.98 Å². The highest BCUT2D eigenvalue weighted by molar-refractivity contribution is 6.11. The first-order chi connectivity index (χ1) is 11.3. The lowest BCUT2D eigenvalue weighted by molar-refractivity contribution is 0.0517. The van der Waals surface area contributed by atoms with Gasteiger partial charge in [0.2, 0.25) is 0 Å². The average molecular weight is 302 g/mol. The number of rotatable bonds is 4. The molecule has 3 rings (SSSR count). The monoisotopic (exact) mass is 302 g/mol. The van der Waals surface area contributed by atoms with Crippen molar-refractivity contribution >= 4 is 11.7 Å². The molecule has 0 aliphatic heterocycles. The highest BCUT2D eigenvalue weighted by atomic mass is 16.7. The lowest BCUT2D eigenvalue weighted by atomic mass is 10.1. The van der Waals surface area contributed by atoms with Crippen LogP contribution in [0.1, 0.15) is 21.6 Å². The maximum atomic E-state index is 12.1. The molecule has 0 spiro atoms. The Balaban J connectivity index is 1.91. The second kappa shape index (κ2) is 7.13. The van der Waals surface area contributed by atoms with E-state index >= 15 is 0 Å². The Labute approximate surface area is 134 Å². The molecule has 0 aliphatic rings. The molecule has 0 saturated heterocycles. The molecule has 0 saturated carbocycles. The second-order valence-corrected chi connectivity index (χ2v) is 4.77. The van der Waals surface area contributed by atoms with Gasteiger partial charge in [0, 0.05) is 11.8 Å². The Hall–Kier alpha value is -3.27. The molecule has 0 aliphatic carbocycles. The number of carbonyl (C=O) groups excluding carboxylic acids is 1. The van der Waals surface area contributed by atoms with Crippen molar-refractivity contribution in [3.63, 3.8) is 0 Å². The Morgan fingerprint density at radius 2 is 1.39 bits per heavy atom. The van der Waals surface area contributed by atoms with E-state index in [9.17, 15) is 4.79 Å². The molecule has 0 fully saturated rings. The molecule has 1 heterocycles. The van der Waals surface area contributed by atoms with Crippen molar-refractivity contribution in [3.8, 4) is 0 Å². The van der Waals surface area contributed by atoms with Crippen molar-refractivity contribution in [2.75, 3.05) is 0 Å². The van der Waals surface area contributed by atoms with Gasteiger partial charge in [0.15, 0.2) is 0 Å². The lowest BCUT2D eigenvalue weighted by Gasteiger charge is -2.05. The standard InChI is InChI=1S/C19H14N2O2/c22-19(16-11-5-2-6-12-16)23-21-18(15-9-3-1-4-10-15)17-13-7-8-14-20-17/h1-14H. The molecule has 0 radical (unpaired) electrons. The molecule has 0 amide bonds. The smallest absolute Gasteiger partial charge is 0.312 e. The van der Waals surface area contributed by atoms with Gasteiger partial charge >= 0.3 is 5.97 Å². The second-order valence-electron chi connectivity index (χ2n) is 4.77. The molecule has 2 aromatic carbocycles. The van der Waals surface area contributed by atoms with Gasteiger partial charge in [-0.15, -0.1) is 0 Å². The Kier molecular flexibility index (Phi) is 4.55. The van der Waals surface area contributed by atoms with E-state index < -0.39 is 5.97 Å². The van der Waals surface area contributed by atoms with E-state index in [1.807, 2.05) is 54.6 Å². The summed E-state index contributed by atoms with van der Waals surface area (Å²) in [6, 6.07) is 23.7. The fourth-order valence-corrected chi connectivity index (χ4v) is 2.06. The van der Waals surface area contributed by atoms with Crippen LogP contribution in [0.5, 0.6) is 0 Å². The number of oxime groups is 1. The van der Waals surface area contributed by atoms with Gasteiger partial charge in [0.05, 0.1) is 11.3 Å². The first-order valence-electron chi connectivity index (χ1n) is 7.16. The summed E-state index contributed by atoms with van der Waals surface area (Å²) < 4.78 is 0. The molecule has 0 unspecified atom stereocenters. The van der Waals surface area contributed by atoms with Crippen LogP contribution in [-0.2, 0) is 4.84 Å². The van der Waals surface area contributed by atoms with Gasteiger partial charge in [-0.1, -0.05) is 59.8 Å². The van der Waals surface area contributed by atoms with Crippen LogP contribution in [0.25, 0.3) is 0 Å². The number of carbonyl (C=O) groups is 1. The SMILES string of the molecule is O=C(ON=C(c1ccccc1)c1ccccn1)c1ccccc1. The molecule has 1 aromatic heterocycles. The van der Waals surface area contributed by atoms with Crippen LogP contribution in [0.15, 0.2) is 90.2 Å². The zero-order valence-corrected chi connectivity index (χ0v) is 12.3. The third kappa shape index (κ3) is 3.68. The summed E-state index contributed by atoms with van der Waals surface area (Å²) in [5, 5.41) is 4.05. The van der Waals surface area contributed by atoms with E-state index in [-0.39, 0.29) is 0 Å². The first kappa shape index (κ1) is 14.7. The average Bonchev–Trinajstić information content (AvgIpc) is 2.64. The molecule has 0 bridgehead atoms. The fourth-order valence-electron chi connectivity index (χ4n) is 2.06. The summed E-state index contributed by atoms with van der Waals surface area (Å²) in [6.07, 6.45) is 1.67. The van der Waals surface area contributed by atoms with Gasteiger partial charge in [0.1, 0.15) is 5.71 Å². The molecule has 0 N–H and O–H groups in total. The fraction of sp³-hybridized carbons (Fsp3) is 0. The summed E-state index contributed by atoms with van der Waals surface area (Å²) in [6.45, 7) is 0. The van der Waals surface area contributed by atoms with E-state index in [0.29, 0.717) is 17.0 Å². The minimum absolute atomic E-state index is 0.449. The van der Waals surface area contributed by atoms with E-state index in [1.165, 1.54) is 0 Å². The van der Waals surface area contributed by atoms with Crippen molar-refractivity contribution in [2.45, 2.75) is 0 Å². The maximum absolute atomic E-state index is 12.1. The predicted molar refractivity (Wildman–Crippen MR) is 88.2 cm³/mol. The Morgan fingerprint density at radius 1 is 0.783 bits per heavy atom. The number of pyridine rings is 1. The van der Waals surface area contributed by atoms with Crippen LogP contribution in [0, 0.1) is 0 Å². The number of aromatic nitrogens is 1. The predicted octanol–water partition coefficient (Wildman–Crippen LogP) is 3.69. The van der Waals surface area contributed by atoms with Crippen molar-refractivity contribution < 1.29 is 9.63 Å². The first-order valence-corrected chi connectivity index (χ1v) is 7.16. The topological polar surface area (TPSA) is 51.5 Å². The number of nitrogens with zero attached hydrogens (tertiary/aromatic N) is 2. The highest BCUT2D eigenvalue weighted by Crippen LogP contribution is 2.10. The third-order valence-corrected chi connectivity index (χ3v) is 3.18. The van der Waals surface area contributed by atoms with Crippen molar-refractivity contribution in [1.29, 1.82) is 0 Å². The van der Waals surface area contributed by atoms with Gasteiger partial charge < -0.3 is 4.84 Å². The number of hydrogen-bond acceptors (Lipinski definition) is 4. The van der Waals surface area contributed by atoms with Crippen LogP contribution in [0.2, 0.25) is 0 Å². The maximum Gasteiger partial charge on any atom is 0.365 e. The van der Waals surface area contributed by atoms with E-state index in [0.717, 1.165) is 5.56 Å². The molecular formula is C19H14N2O2. The largest absolute Gasteiger partial charge is 0.365 e. The Bertz CT molecular complexity index is 759. The van der Waals surface area contributed by atoms with Crippen LogP contribution in [-0.4, -0.2) is 16.7 Å². The highest BCUT2D eigenvalue weighted by Gasteiger charge is 2.11. The summed E-state index contributed by atoms with van der Waals surface area (Å²) in [4.78, 5) is 21.5. The molecule has 4 nitrogen and oxygen atoms in total. The van der Waals surface area contributed by atoms with Crippen molar-refractivity contribution in [2.24, 2.45) is 5.16 Å². The van der Waals surface area contributed by atoms with Crippen LogP contribution >= 0.6 is 0 Å². The normalized spacial score (nSPS) is 11.0. The molecule has 4 heteroatoms. The van der Waals surface area contributed by atoms with Gasteiger partial charge in [0.25, 0.3) is 0 Å². The summed E-state index contributed by atoms with van der Waals surface area (Å²) in [7, 11) is 0. The minimum atomic E-state index is -0.505.